The van der Waals surface area contributed by atoms with Gasteiger partial charge in [0.05, 0.1) is 12.7 Å². The van der Waals surface area contributed by atoms with E-state index >= 15 is 0 Å². The largest absolute Gasteiger partial charge is 0.478 e. The molecule has 0 amide bonds. The van der Waals surface area contributed by atoms with E-state index in [2.05, 4.69) is 9.97 Å². The van der Waals surface area contributed by atoms with Crippen molar-refractivity contribution in [2.24, 2.45) is 0 Å². The third kappa shape index (κ3) is 5.75. The predicted octanol–water partition coefficient (Wildman–Crippen LogP) is -2.43. The van der Waals surface area contributed by atoms with E-state index in [0.29, 0.717) is 12.2 Å². The van der Waals surface area contributed by atoms with Crippen molar-refractivity contribution in [2.45, 2.75) is 24.9 Å². The summed E-state index contributed by atoms with van der Waals surface area (Å²) < 4.78 is 6.41. The highest BCUT2D eigenvalue weighted by Gasteiger charge is 2.35. The summed E-state index contributed by atoms with van der Waals surface area (Å²) in [6, 6.07) is 0. The van der Waals surface area contributed by atoms with Gasteiger partial charge in [0.25, 0.3) is 0 Å². The van der Waals surface area contributed by atoms with Crippen LogP contribution in [0.2, 0.25) is 0 Å². The Bertz CT molecular complexity index is 657. The molecular formula is C12H16N4O8. The molecule has 1 saturated heterocycles. The highest BCUT2D eigenvalue weighted by atomic mass is 16.5. The molecule has 0 aromatic carbocycles. The Morgan fingerprint density at radius 2 is 1.96 bits per heavy atom. The summed E-state index contributed by atoms with van der Waals surface area (Å²) in [5.41, 5.74) is 4.65. The van der Waals surface area contributed by atoms with Gasteiger partial charge in [-0.2, -0.15) is 4.98 Å². The van der Waals surface area contributed by atoms with Gasteiger partial charge in [-0.15, -0.1) is 0 Å². The van der Waals surface area contributed by atoms with Gasteiger partial charge < -0.3 is 30.9 Å². The maximum absolute atomic E-state index is 11.4. The van der Waals surface area contributed by atoms with E-state index in [1.54, 1.807) is 0 Å². The van der Waals surface area contributed by atoms with Gasteiger partial charge in [-0.1, -0.05) is 0 Å². The first-order chi connectivity index (χ1) is 11.2. The van der Waals surface area contributed by atoms with E-state index in [9.17, 15) is 19.5 Å². The number of carboxylic acid groups (broad SMARTS) is 2. The molecule has 0 bridgehead atoms. The summed E-state index contributed by atoms with van der Waals surface area (Å²) >= 11 is 0. The van der Waals surface area contributed by atoms with Crippen molar-refractivity contribution in [2.75, 3.05) is 12.3 Å². The van der Waals surface area contributed by atoms with Crippen LogP contribution in [0.25, 0.3) is 0 Å². The minimum absolute atomic E-state index is 0.112. The van der Waals surface area contributed by atoms with Crippen LogP contribution in [0.15, 0.2) is 23.3 Å². The van der Waals surface area contributed by atoms with E-state index in [0.717, 1.165) is 4.57 Å². The summed E-state index contributed by atoms with van der Waals surface area (Å²) in [4.78, 5) is 37.7. The number of rotatable bonds is 4. The number of anilines is 1. The molecule has 1 aromatic heterocycles. The number of hydrogen-bond donors (Lipinski definition) is 5. The molecule has 24 heavy (non-hydrogen) atoms. The van der Waals surface area contributed by atoms with Gasteiger partial charge in [-0.25, -0.2) is 19.4 Å². The second-order valence-corrected chi connectivity index (χ2v) is 4.53. The Kier molecular flexibility index (Phi) is 6.98. The smallest absolute Gasteiger partial charge is 0.354 e. The van der Waals surface area contributed by atoms with Gasteiger partial charge in [-0.05, 0) is 0 Å². The van der Waals surface area contributed by atoms with Crippen molar-refractivity contribution in [1.29, 1.82) is 0 Å². The number of aromatic nitrogens is 3. The van der Waals surface area contributed by atoms with Crippen LogP contribution in [-0.2, 0) is 14.3 Å². The van der Waals surface area contributed by atoms with E-state index in [1.807, 2.05) is 0 Å². The Labute approximate surface area is 134 Å². The molecule has 2 rings (SSSR count). The minimum Gasteiger partial charge on any atom is -0.478 e. The lowest BCUT2D eigenvalue weighted by Crippen LogP contribution is -2.28. The van der Waals surface area contributed by atoms with Gasteiger partial charge in [0.15, 0.2) is 0 Å². The molecule has 1 fully saturated rings. The van der Waals surface area contributed by atoms with E-state index in [-0.39, 0.29) is 19.0 Å². The topological polar surface area (TPSA) is 198 Å². The summed E-state index contributed by atoms with van der Waals surface area (Å²) in [5, 5.41) is 34.0. The molecule has 1 aromatic rings. The van der Waals surface area contributed by atoms with Gasteiger partial charge in [0, 0.05) is 18.6 Å². The molecule has 1 aliphatic rings. The number of hydrogen-bond acceptors (Lipinski definition) is 9. The molecule has 3 atom stereocenters. The van der Waals surface area contributed by atoms with Gasteiger partial charge >= 0.3 is 17.6 Å². The van der Waals surface area contributed by atoms with Crippen molar-refractivity contribution >= 4 is 17.9 Å². The Morgan fingerprint density at radius 1 is 1.38 bits per heavy atom. The number of aliphatic hydroxyl groups excluding tert-OH is 2. The number of aliphatic carboxylic acids is 2. The molecule has 0 radical (unpaired) electrons. The standard InChI is InChI=1S/C8H12N4O4.C4H4O4/c9-7-10-3-12(8(15)11-7)6-1-4(14)5(2-13)16-6;5-3(6)1-2-4(7)8/h3-6,13-14H,1-2H2,(H2,9,11,15);1-2H,(H,5,6)(H,7,8)/b;2-1-/t4-,5+,6+;/m0./s1. The minimum atomic E-state index is -1.26. The third-order valence-electron chi connectivity index (χ3n) is 2.81. The molecule has 0 aliphatic carbocycles. The van der Waals surface area contributed by atoms with Crippen molar-refractivity contribution < 1.29 is 34.8 Å². The Morgan fingerprint density at radius 3 is 2.38 bits per heavy atom. The zero-order valence-electron chi connectivity index (χ0n) is 12.2. The second kappa shape index (κ2) is 8.71. The average molecular weight is 344 g/mol. The molecule has 12 heteroatoms. The molecule has 6 N–H and O–H groups in total. The molecule has 1 aliphatic heterocycles. The Hall–Kier alpha value is -2.83. The fraction of sp³-hybridized carbons (Fsp3) is 0.417. The number of carbonyl (C=O) groups is 2. The summed E-state index contributed by atoms with van der Waals surface area (Å²) in [5.74, 6) is -2.63. The predicted molar refractivity (Wildman–Crippen MR) is 76.7 cm³/mol. The van der Waals surface area contributed by atoms with Crippen LogP contribution in [0.3, 0.4) is 0 Å². The fourth-order valence-corrected chi connectivity index (χ4v) is 1.75. The summed E-state index contributed by atoms with van der Waals surface area (Å²) in [6.45, 7) is -0.303. The number of nitrogen functional groups attached to an aromatic ring is 1. The molecule has 132 valence electrons. The molecule has 2 heterocycles. The Balaban J connectivity index is 0.000000307. The number of nitrogens with two attached hydrogens (primary N) is 1. The number of carboxylic acids is 2. The van der Waals surface area contributed by atoms with Crippen molar-refractivity contribution in [3.8, 4) is 0 Å². The lowest BCUT2D eigenvalue weighted by molar-refractivity contribution is -0.134. The first kappa shape index (κ1) is 19.2. The van der Waals surface area contributed by atoms with Gasteiger partial charge in [0.1, 0.15) is 18.7 Å². The van der Waals surface area contributed by atoms with Crippen LogP contribution < -0.4 is 11.4 Å². The van der Waals surface area contributed by atoms with Crippen molar-refractivity contribution in [3.63, 3.8) is 0 Å². The maximum Gasteiger partial charge on any atom is 0.354 e. The van der Waals surface area contributed by atoms with Crippen LogP contribution in [0.4, 0.5) is 5.95 Å². The van der Waals surface area contributed by atoms with E-state index in [4.69, 9.17) is 25.8 Å². The van der Waals surface area contributed by atoms with Crippen LogP contribution in [0.1, 0.15) is 12.6 Å². The zero-order valence-corrected chi connectivity index (χ0v) is 12.2. The monoisotopic (exact) mass is 344 g/mol. The van der Waals surface area contributed by atoms with Crippen LogP contribution in [-0.4, -0.2) is 65.7 Å². The third-order valence-corrected chi connectivity index (χ3v) is 2.81. The maximum atomic E-state index is 11.4. The quantitative estimate of drug-likeness (QED) is 0.364. The first-order valence-electron chi connectivity index (χ1n) is 6.53. The first-order valence-corrected chi connectivity index (χ1v) is 6.53. The molecule has 0 unspecified atom stereocenters. The molecule has 0 spiro atoms. The normalized spacial score (nSPS) is 22.8. The number of aliphatic hydroxyl groups is 2. The molecule has 0 saturated carbocycles. The van der Waals surface area contributed by atoms with E-state index < -0.39 is 36.1 Å². The fourth-order valence-electron chi connectivity index (χ4n) is 1.75. The van der Waals surface area contributed by atoms with Crippen LogP contribution in [0, 0.1) is 0 Å². The summed E-state index contributed by atoms with van der Waals surface area (Å²) in [7, 11) is 0. The highest BCUT2D eigenvalue weighted by Crippen LogP contribution is 2.26. The van der Waals surface area contributed by atoms with Crippen molar-refractivity contribution in [1.82, 2.24) is 14.5 Å². The second-order valence-electron chi connectivity index (χ2n) is 4.53. The highest BCUT2D eigenvalue weighted by molar-refractivity contribution is 5.89. The number of ether oxygens (including phenoxy) is 1. The molecular weight excluding hydrogens is 328 g/mol. The molecule has 12 nitrogen and oxygen atoms in total. The van der Waals surface area contributed by atoms with E-state index in [1.165, 1.54) is 6.33 Å². The SMILES string of the molecule is Nc1ncn([C@H]2C[C@H](O)[C@@H](CO)O2)c(=O)n1.O=C(O)/C=C\C(=O)O. The van der Waals surface area contributed by atoms with Crippen LogP contribution >= 0.6 is 0 Å². The van der Waals surface area contributed by atoms with Crippen LogP contribution in [0.5, 0.6) is 0 Å². The number of nitrogens with zero attached hydrogens (tertiary/aromatic N) is 3. The van der Waals surface area contributed by atoms with Gasteiger partial charge in [0.2, 0.25) is 5.95 Å². The lowest BCUT2D eigenvalue weighted by Gasteiger charge is -2.13. The average Bonchev–Trinajstić information content (AvgIpc) is 2.86. The van der Waals surface area contributed by atoms with Gasteiger partial charge in [-0.3, -0.25) is 4.57 Å². The lowest BCUT2D eigenvalue weighted by atomic mass is 10.2. The zero-order chi connectivity index (χ0) is 18.3. The summed E-state index contributed by atoms with van der Waals surface area (Å²) in [6.07, 6.45) is 0.374. The van der Waals surface area contributed by atoms with Crippen molar-refractivity contribution in [3.05, 3.63) is 29.0 Å².